The van der Waals surface area contributed by atoms with Crippen molar-refractivity contribution < 1.29 is 12.8 Å². The predicted molar refractivity (Wildman–Crippen MR) is 74.2 cm³/mol. The van der Waals surface area contributed by atoms with E-state index < -0.39 is 15.8 Å². The van der Waals surface area contributed by atoms with Gasteiger partial charge in [0.2, 0.25) is 0 Å². The van der Waals surface area contributed by atoms with Gasteiger partial charge in [0, 0.05) is 16.3 Å². The van der Waals surface area contributed by atoms with Crippen LogP contribution < -0.4 is 4.72 Å². The molecule has 0 unspecified atom stereocenters. The summed E-state index contributed by atoms with van der Waals surface area (Å²) in [5.41, 5.74) is 0.327. The van der Waals surface area contributed by atoms with E-state index in [-0.39, 0.29) is 4.90 Å². The summed E-state index contributed by atoms with van der Waals surface area (Å²) in [5.74, 6) is -0.0540. The van der Waals surface area contributed by atoms with Crippen LogP contribution in [0.15, 0.2) is 40.6 Å². The van der Waals surface area contributed by atoms with Crippen LogP contribution in [0.4, 0.5) is 10.1 Å². The van der Waals surface area contributed by atoms with Gasteiger partial charge in [-0.05, 0) is 35.7 Å². The van der Waals surface area contributed by atoms with E-state index in [0.717, 1.165) is 0 Å². The highest BCUT2D eigenvalue weighted by atomic mass is 32.2. The SMILES string of the molecule is O=S(=O)(Nc1ccc(F)cc1)c1ccsc1CS. The average molecular weight is 303 g/mol. The van der Waals surface area contributed by atoms with Crippen molar-refractivity contribution in [3.05, 3.63) is 46.4 Å². The van der Waals surface area contributed by atoms with Crippen LogP contribution in [0.5, 0.6) is 0 Å². The number of thiophene rings is 1. The minimum Gasteiger partial charge on any atom is -0.280 e. The molecule has 1 heterocycles. The molecule has 0 amide bonds. The predicted octanol–water partition coefficient (Wildman–Crippen LogP) is 3.12. The Kier molecular flexibility index (Phi) is 3.94. The van der Waals surface area contributed by atoms with E-state index in [1.165, 1.54) is 41.7 Å². The van der Waals surface area contributed by atoms with Crippen LogP contribution in [0.1, 0.15) is 4.88 Å². The van der Waals surface area contributed by atoms with Crippen LogP contribution >= 0.6 is 24.0 Å². The number of anilines is 1. The first-order valence-corrected chi connectivity index (χ1v) is 7.98. The van der Waals surface area contributed by atoms with E-state index in [2.05, 4.69) is 17.4 Å². The Morgan fingerprint density at radius 2 is 1.89 bits per heavy atom. The standard InChI is InChI=1S/C11H10FNO2S3/c12-8-1-3-9(4-2-8)13-18(14,15)11-5-6-17-10(11)7-16/h1-6,13,16H,7H2. The summed E-state index contributed by atoms with van der Waals surface area (Å²) in [4.78, 5) is 0.889. The quantitative estimate of drug-likeness (QED) is 0.853. The number of halogens is 1. The van der Waals surface area contributed by atoms with E-state index in [0.29, 0.717) is 16.3 Å². The lowest BCUT2D eigenvalue weighted by Crippen LogP contribution is -2.13. The Balaban J connectivity index is 2.30. The van der Waals surface area contributed by atoms with Gasteiger partial charge in [-0.3, -0.25) is 4.72 Å². The zero-order chi connectivity index (χ0) is 13.2. The molecular weight excluding hydrogens is 293 g/mol. The lowest BCUT2D eigenvalue weighted by molar-refractivity contribution is 0.601. The highest BCUT2D eigenvalue weighted by Crippen LogP contribution is 2.25. The highest BCUT2D eigenvalue weighted by molar-refractivity contribution is 7.93. The molecule has 0 fully saturated rings. The topological polar surface area (TPSA) is 46.2 Å². The molecule has 2 rings (SSSR count). The number of benzene rings is 1. The summed E-state index contributed by atoms with van der Waals surface area (Å²) < 4.78 is 39.3. The van der Waals surface area contributed by atoms with E-state index >= 15 is 0 Å². The van der Waals surface area contributed by atoms with E-state index in [9.17, 15) is 12.8 Å². The summed E-state index contributed by atoms with van der Waals surface area (Å²) in [6, 6.07) is 6.68. The van der Waals surface area contributed by atoms with Crippen molar-refractivity contribution in [3.63, 3.8) is 0 Å². The maximum atomic E-state index is 12.7. The van der Waals surface area contributed by atoms with Crippen molar-refractivity contribution in [2.75, 3.05) is 4.72 Å². The second-order valence-corrected chi connectivity index (χ2v) is 6.45. The largest absolute Gasteiger partial charge is 0.280 e. The van der Waals surface area contributed by atoms with Crippen LogP contribution in [0.2, 0.25) is 0 Å². The summed E-state index contributed by atoms with van der Waals surface area (Å²) in [5, 5.41) is 1.70. The second kappa shape index (κ2) is 5.29. The molecule has 1 aromatic heterocycles. The molecule has 0 aliphatic rings. The van der Waals surface area contributed by atoms with Crippen LogP contribution in [0, 0.1) is 5.82 Å². The summed E-state index contributed by atoms with van der Waals surface area (Å²) >= 11 is 5.42. The molecule has 0 aliphatic carbocycles. The summed E-state index contributed by atoms with van der Waals surface area (Å²) in [7, 11) is -3.64. The first kappa shape index (κ1) is 13.4. The second-order valence-electron chi connectivity index (χ2n) is 3.48. The molecule has 0 atom stereocenters. The molecule has 3 nitrogen and oxygen atoms in total. The van der Waals surface area contributed by atoms with Crippen molar-refractivity contribution in [2.24, 2.45) is 0 Å². The zero-order valence-electron chi connectivity index (χ0n) is 9.13. The summed E-state index contributed by atoms with van der Waals surface area (Å²) in [6.07, 6.45) is 0. The fraction of sp³-hybridized carbons (Fsp3) is 0.0909. The van der Waals surface area contributed by atoms with Gasteiger partial charge in [0.05, 0.1) is 0 Å². The average Bonchev–Trinajstić information content (AvgIpc) is 2.81. The number of hydrogen-bond donors (Lipinski definition) is 2. The fourth-order valence-electron chi connectivity index (χ4n) is 1.41. The monoisotopic (exact) mass is 303 g/mol. The molecule has 96 valence electrons. The normalized spacial score (nSPS) is 11.4. The molecule has 0 saturated carbocycles. The molecule has 7 heteroatoms. The van der Waals surface area contributed by atoms with Crippen molar-refractivity contribution in [2.45, 2.75) is 10.6 Å². The van der Waals surface area contributed by atoms with E-state index in [1.807, 2.05) is 0 Å². The maximum absolute atomic E-state index is 12.7. The molecule has 0 aliphatic heterocycles. The third-order valence-electron chi connectivity index (χ3n) is 2.23. The van der Waals surface area contributed by atoms with Gasteiger partial charge in [-0.2, -0.15) is 12.6 Å². The Morgan fingerprint density at radius 3 is 2.50 bits per heavy atom. The molecular formula is C11H10FNO2S3. The molecule has 0 spiro atoms. The molecule has 1 aromatic carbocycles. The van der Waals surface area contributed by atoms with Gasteiger partial charge in [0.1, 0.15) is 10.7 Å². The van der Waals surface area contributed by atoms with Gasteiger partial charge < -0.3 is 0 Å². The molecule has 0 bridgehead atoms. The van der Waals surface area contributed by atoms with Crippen molar-refractivity contribution in [1.82, 2.24) is 0 Å². The zero-order valence-corrected chi connectivity index (χ0v) is 11.7. The molecule has 1 N–H and O–H groups in total. The summed E-state index contributed by atoms with van der Waals surface area (Å²) in [6.45, 7) is 0. The first-order valence-electron chi connectivity index (χ1n) is 4.98. The highest BCUT2D eigenvalue weighted by Gasteiger charge is 2.19. The smallest absolute Gasteiger partial charge is 0.263 e. The fourth-order valence-corrected chi connectivity index (χ4v) is 4.27. The number of hydrogen-bond acceptors (Lipinski definition) is 4. The maximum Gasteiger partial charge on any atom is 0.263 e. The molecule has 18 heavy (non-hydrogen) atoms. The Hall–Kier alpha value is -1.05. The Bertz CT molecular complexity index is 635. The van der Waals surface area contributed by atoms with Gasteiger partial charge in [-0.25, -0.2) is 12.8 Å². The third kappa shape index (κ3) is 2.85. The number of thiol groups is 1. The minimum absolute atomic E-state index is 0.215. The number of sulfonamides is 1. The van der Waals surface area contributed by atoms with Crippen LogP contribution in [-0.2, 0) is 15.8 Å². The molecule has 2 aromatic rings. The molecule has 0 saturated heterocycles. The van der Waals surface area contributed by atoms with Crippen LogP contribution in [0.3, 0.4) is 0 Å². The Labute approximate surface area is 114 Å². The van der Waals surface area contributed by atoms with E-state index in [1.54, 1.807) is 5.38 Å². The minimum atomic E-state index is -3.64. The van der Waals surface area contributed by atoms with Gasteiger partial charge >= 0.3 is 0 Å². The van der Waals surface area contributed by atoms with Gasteiger partial charge in [-0.15, -0.1) is 11.3 Å². The number of rotatable bonds is 4. The van der Waals surface area contributed by atoms with Crippen molar-refractivity contribution in [1.29, 1.82) is 0 Å². The van der Waals surface area contributed by atoms with E-state index in [4.69, 9.17) is 0 Å². The van der Waals surface area contributed by atoms with Crippen molar-refractivity contribution >= 4 is 39.7 Å². The Morgan fingerprint density at radius 1 is 1.22 bits per heavy atom. The van der Waals surface area contributed by atoms with Crippen molar-refractivity contribution in [3.8, 4) is 0 Å². The van der Waals surface area contributed by atoms with Gasteiger partial charge in [-0.1, -0.05) is 0 Å². The van der Waals surface area contributed by atoms with Crippen LogP contribution in [0.25, 0.3) is 0 Å². The van der Waals surface area contributed by atoms with Crippen LogP contribution in [-0.4, -0.2) is 8.42 Å². The lowest BCUT2D eigenvalue weighted by Gasteiger charge is -2.07. The molecule has 0 radical (unpaired) electrons. The number of nitrogens with one attached hydrogen (secondary N) is 1. The third-order valence-corrected chi connectivity index (χ3v) is 5.28. The first-order chi connectivity index (χ1) is 8.53. The van der Waals surface area contributed by atoms with Gasteiger partial charge in [0.25, 0.3) is 10.0 Å². The lowest BCUT2D eigenvalue weighted by atomic mass is 10.3. The van der Waals surface area contributed by atoms with Gasteiger partial charge in [0.15, 0.2) is 0 Å².